The van der Waals surface area contributed by atoms with Crippen LogP contribution in [0.25, 0.3) is 0 Å². The van der Waals surface area contributed by atoms with Gasteiger partial charge in [0.15, 0.2) is 5.16 Å². The second kappa shape index (κ2) is 9.89. The zero-order valence-electron chi connectivity index (χ0n) is 16.0. The minimum atomic E-state index is 0.0463. The van der Waals surface area contributed by atoms with Gasteiger partial charge in [-0.25, -0.2) is 9.97 Å². The molecule has 0 saturated carbocycles. The molecule has 0 unspecified atom stereocenters. The van der Waals surface area contributed by atoms with Crippen molar-refractivity contribution in [1.29, 1.82) is 5.26 Å². The molecule has 0 aliphatic rings. The van der Waals surface area contributed by atoms with Crippen LogP contribution in [0.1, 0.15) is 34.5 Å². The van der Waals surface area contributed by atoms with Gasteiger partial charge in [0, 0.05) is 30.9 Å². The summed E-state index contributed by atoms with van der Waals surface area (Å²) < 4.78 is 0. The minimum absolute atomic E-state index is 0.0463. The largest absolute Gasteiger partial charge is 0.335 e. The molecular formula is C21H24N4OS. The number of nitriles is 1. The second-order valence-corrected chi connectivity index (χ2v) is 7.01. The Morgan fingerprint density at radius 3 is 2.63 bits per heavy atom. The van der Waals surface area contributed by atoms with E-state index in [2.05, 4.69) is 22.6 Å². The normalized spacial score (nSPS) is 10.3. The molecule has 0 aliphatic carbocycles. The number of amides is 1. The smallest absolute Gasteiger partial charge is 0.223 e. The number of carbonyl (C=O) groups excluding carboxylic acids is 1. The number of aryl methyl sites for hydroxylation is 2. The van der Waals surface area contributed by atoms with Gasteiger partial charge in [0.2, 0.25) is 5.91 Å². The Labute approximate surface area is 165 Å². The van der Waals surface area contributed by atoms with Crippen LogP contribution in [-0.4, -0.2) is 33.6 Å². The lowest BCUT2D eigenvalue weighted by atomic mass is 10.1. The number of rotatable bonds is 8. The maximum Gasteiger partial charge on any atom is 0.223 e. The Morgan fingerprint density at radius 1 is 1.33 bits per heavy atom. The predicted molar refractivity (Wildman–Crippen MR) is 108 cm³/mol. The summed E-state index contributed by atoms with van der Waals surface area (Å²) in [5.41, 5.74) is 4.42. The molecule has 27 heavy (non-hydrogen) atoms. The van der Waals surface area contributed by atoms with Crippen LogP contribution in [-0.2, 0) is 17.8 Å². The average Bonchev–Trinajstić information content (AvgIpc) is 2.66. The van der Waals surface area contributed by atoms with Gasteiger partial charge in [-0.05, 0) is 49.8 Å². The van der Waals surface area contributed by atoms with Crippen molar-refractivity contribution in [3.63, 3.8) is 0 Å². The van der Waals surface area contributed by atoms with Crippen LogP contribution in [0.4, 0.5) is 0 Å². The summed E-state index contributed by atoms with van der Waals surface area (Å²) in [6.07, 6.45) is 4.66. The van der Waals surface area contributed by atoms with E-state index in [1.165, 1.54) is 11.8 Å². The second-order valence-electron chi connectivity index (χ2n) is 6.23. The molecular weight excluding hydrogens is 356 g/mol. The van der Waals surface area contributed by atoms with Gasteiger partial charge in [-0.2, -0.15) is 5.26 Å². The summed E-state index contributed by atoms with van der Waals surface area (Å²) in [6.45, 7) is 8.60. The molecule has 2 aromatic rings. The maximum atomic E-state index is 12.8. The molecule has 0 fully saturated rings. The molecule has 0 saturated heterocycles. The van der Waals surface area contributed by atoms with E-state index in [0.29, 0.717) is 31.5 Å². The lowest BCUT2D eigenvalue weighted by Crippen LogP contribution is -2.31. The predicted octanol–water partition coefficient (Wildman–Crippen LogP) is 3.83. The van der Waals surface area contributed by atoms with Gasteiger partial charge in [0.1, 0.15) is 0 Å². The number of carbonyl (C=O) groups is 1. The first-order chi connectivity index (χ1) is 13.0. The van der Waals surface area contributed by atoms with E-state index in [1.807, 2.05) is 38.3 Å². The molecule has 140 valence electrons. The van der Waals surface area contributed by atoms with Crippen molar-refractivity contribution in [3.05, 3.63) is 65.0 Å². The molecule has 1 heterocycles. The molecule has 0 spiro atoms. The van der Waals surface area contributed by atoms with Gasteiger partial charge < -0.3 is 4.90 Å². The highest BCUT2D eigenvalue weighted by atomic mass is 32.2. The fraction of sp³-hybridized carbons (Fsp3) is 0.333. The standard InChI is InChI=1S/C21H24N4OS/c1-5-11-25(14-18-8-6-7-17(12-18)13-22)20(26)10-9-19-15(2)23-21(27-4)24-16(19)3/h5-8,12H,1,9-11,14H2,2-4H3. The van der Waals surface area contributed by atoms with E-state index in [9.17, 15) is 4.79 Å². The van der Waals surface area contributed by atoms with E-state index in [0.717, 1.165) is 27.7 Å². The number of thioether (sulfide) groups is 1. The SMILES string of the molecule is C=CCN(Cc1cccc(C#N)c1)C(=O)CCc1c(C)nc(SC)nc1C. The molecule has 0 radical (unpaired) electrons. The van der Waals surface area contributed by atoms with Gasteiger partial charge >= 0.3 is 0 Å². The number of nitrogens with zero attached hydrogens (tertiary/aromatic N) is 4. The lowest BCUT2D eigenvalue weighted by molar-refractivity contribution is -0.131. The fourth-order valence-electron chi connectivity index (χ4n) is 2.92. The Kier molecular flexibility index (Phi) is 7.56. The van der Waals surface area contributed by atoms with Crippen molar-refractivity contribution >= 4 is 17.7 Å². The highest BCUT2D eigenvalue weighted by Crippen LogP contribution is 2.18. The zero-order valence-corrected chi connectivity index (χ0v) is 16.8. The van der Waals surface area contributed by atoms with Gasteiger partial charge in [0.25, 0.3) is 0 Å². The number of hydrogen-bond donors (Lipinski definition) is 0. The summed E-state index contributed by atoms with van der Waals surface area (Å²) in [4.78, 5) is 23.5. The molecule has 0 N–H and O–H groups in total. The van der Waals surface area contributed by atoms with Gasteiger partial charge in [-0.15, -0.1) is 6.58 Å². The molecule has 1 amide bonds. The van der Waals surface area contributed by atoms with E-state index < -0.39 is 0 Å². The van der Waals surface area contributed by atoms with E-state index in [-0.39, 0.29) is 5.91 Å². The summed E-state index contributed by atoms with van der Waals surface area (Å²) in [6, 6.07) is 9.46. The number of aromatic nitrogens is 2. The summed E-state index contributed by atoms with van der Waals surface area (Å²) >= 11 is 1.51. The summed E-state index contributed by atoms with van der Waals surface area (Å²) in [5.74, 6) is 0.0463. The first kappa shape index (κ1) is 20.7. The van der Waals surface area contributed by atoms with Crippen LogP contribution in [0.2, 0.25) is 0 Å². The van der Waals surface area contributed by atoms with Crippen LogP contribution in [0.3, 0.4) is 0 Å². The monoisotopic (exact) mass is 380 g/mol. The quantitative estimate of drug-likeness (QED) is 0.395. The molecule has 6 heteroatoms. The van der Waals surface area contributed by atoms with Crippen LogP contribution in [0, 0.1) is 25.2 Å². The van der Waals surface area contributed by atoms with E-state index in [1.54, 1.807) is 17.0 Å². The third-order valence-electron chi connectivity index (χ3n) is 4.30. The van der Waals surface area contributed by atoms with E-state index in [4.69, 9.17) is 5.26 Å². The van der Waals surface area contributed by atoms with Crippen LogP contribution < -0.4 is 0 Å². The van der Waals surface area contributed by atoms with Crippen molar-refractivity contribution in [3.8, 4) is 6.07 Å². The van der Waals surface area contributed by atoms with Gasteiger partial charge in [0.05, 0.1) is 11.6 Å². The van der Waals surface area contributed by atoms with Crippen LogP contribution in [0.15, 0.2) is 42.1 Å². The summed E-state index contributed by atoms with van der Waals surface area (Å²) in [7, 11) is 0. The molecule has 1 aromatic carbocycles. The molecule has 0 atom stereocenters. The molecule has 5 nitrogen and oxygen atoms in total. The average molecular weight is 381 g/mol. The zero-order chi connectivity index (χ0) is 19.8. The molecule has 0 bridgehead atoms. The first-order valence-corrected chi connectivity index (χ1v) is 9.96. The third-order valence-corrected chi connectivity index (χ3v) is 4.85. The summed E-state index contributed by atoms with van der Waals surface area (Å²) in [5, 5.41) is 9.80. The van der Waals surface area contributed by atoms with Crippen molar-refractivity contribution in [2.24, 2.45) is 0 Å². The fourth-order valence-corrected chi connectivity index (χ4v) is 3.38. The Balaban J connectivity index is 2.09. The molecule has 0 aliphatic heterocycles. The van der Waals surface area contributed by atoms with Crippen molar-refractivity contribution in [2.75, 3.05) is 12.8 Å². The maximum absolute atomic E-state index is 12.8. The topological polar surface area (TPSA) is 69.9 Å². The number of benzene rings is 1. The van der Waals surface area contributed by atoms with Crippen LogP contribution in [0.5, 0.6) is 0 Å². The van der Waals surface area contributed by atoms with Crippen LogP contribution >= 0.6 is 11.8 Å². The van der Waals surface area contributed by atoms with Crippen molar-refractivity contribution in [2.45, 2.75) is 38.4 Å². The highest BCUT2D eigenvalue weighted by molar-refractivity contribution is 7.98. The Hall–Kier alpha value is -2.65. The number of hydrogen-bond acceptors (Lipinski definition) is 5. The Morgan fingerprint density at radius 2 is 2.04 bits per heavy atom. The Bertz CT molecular complexity index is 850. The van der Waals surface area contributed by atoms with Crippen molar-refractivity contribution < 1.29 is 4.79 Å². The minimum Gasteiger partial charge on any atom is -0.335 e. The third kappa shape index (κ3) is 5.66. The molecule has 2 rings (SSSR count). The first-order valence-electron chi connectivity index (χ1n) is 8.74. The highest BCUT2D eigenvalue weighted by Gasteiger charge is 2.15. The lowest BCUT2D eigenvalue weighted by Gasteiger charge is -2.22. The molecule has 1 aromatic heterocycles. The van der Waals surface area contributed by atoms with Gasteiger partial charge in [-0.1, -0.05) is 30.0 Å². The van der Waals surface area contributed by atoms with E-state index >= 15 is 0 Å². The van der Waals surface area contributed by atoms with Crippen molar-refractivity contribution in [1.82, 2.24) is 14.9 Å². The van der Waals surface area contributed by atoms with Gasteiger partial charge in [-0.3, -0.25) is 4.79 Å².